The van der Waals surface area contributed by atoms with Gasteiger partial charge in [-0.05, 0) is 50.7 Å². The average Bonchev–Trinajstić information content (AvgIpc) is 3.31. The van der Waals surface area contributed by atoms with Crippen LogP contribution in [0, 0.1) is 12.8 Å². The third kappa shape index (κ3) is 4.68. The molecule has 0 bridgehead atoms. The van der Waals surface area contributed by atoms with Crippen LogP contribution in [0.15, 0.2) is 16.7 Å². The van der Waals surface area contributed by atoms with E-state index in [-0.39, 0.29) is 0 Å². The Balaban J connectivity index is 1.53. The molecule has 0 N–H and O–H groups in total. The van der Waals surface area contributed by atoms with Gasteiger partial charge in [-0.3, -0.25) is 4.68 Å². The van der Waals surface area contributed by atoms with E-state index in [0.29, 0.717) is 24.3 Å². The molecule has 8 nitrogen and oxygen atoms in total. The van der Waals surface area contributed by atoms with Crippen molar-refractivity contribution in [3.63, 3.8) is 0 Å². The van der Waals surface area contributed by atoms with Crippen LogP contribution in [0.1, 0.15) is 69.1 Å². The van der Waals surface area contributed by atoms with E-state index in [9.17, 15) is 0 Å². The number of hydrogen-bond acceptors (Lipinski definition) is 7. The molecular formula is C22H30N6O2. The Morgan fingerprint density at radius 1 is 1.17 bits per heavy atom. The number of ether oxygens (including phenoxy) is 1. The molecule has 1 aliphatic rings. The van der Waals surface area contributed by atoms with Crippen LogP contribution >= 0.6 is 0 Å². The summed E-state index contributed by atoms with van der Waals surface area (Å²) in [4.78, 5) is 9.27. The Morgan fingerprint density at radius 2 is 1.97 bits per heavy atom. The maximum absolute atomic E-state index is 6.21. The second-order valence-electron chi connectivity index (χ2n) is 8.55. The van der Waals surface area contributed by atoms with Crippen LogP contribution in [0.2, 0.25) is 0 Å². The van der Waals surface area contributed by atoms with Gasteiger partial charge in [0.15, 0.2) is 5.82 Å². The van der Waals surface area contributed by atoms with Crippen molar-refractivity contribution in [2.24, 2.45) is 13.0 Å². The van der Waals surface area contributed by atoms with Gasteiger partial charge in [0, 0.05) is 13.5 Å². The summed E-state index contributed by atoms with van der Waals surface area (Å²) in [6, 6.07) is 3.95. The van der Waals surface area contributed by atoms with E-state index in [1.54, 1.807) is 4.68 Å². The van der Waals surface area contributed by atoms with E-state index in [4.69, 9.17) is 14.2 Å². The van der Waals surface area contributed by atoms with Gasteiger partial charge in [-0.1, -0.05) is 30.6 Å². The van der Waals surface area contributed by atoms with E-state index in [0.717, 1.165) is 53.6 Å². The molecule has 0 atom stereocenters. The second kappa shape index (κ2) is 8.93. The van der Waals surface area contributed by atoms with E-state index in [2.05, 4.69) is 34.3 Å². The van der Waals surface area contributed by atoms with Crippen LogP contribution in [0.4, 0.5) is 0 Å². The van der Waals surface area contributed by atoms with E-state index in [1.807, 2.05) is 26.1 Å². The average molecular weight is 411 g/mol. The zero-order valence-electron chi connectivity index (χ0n) is 18.3. The Hall–Kier alpha value is -2.77. The lowest BCUT2D eigenvalue weighted by Crippen LogP contribution is -2.20. The first kappa shape index (κ1) is 20.5. The van der Waals surface area contributed by atoms with E-state index < -0.39 is 0 Å². The Bertz CT molecular complexity index is 987. The van der Waals surface area contributed by atoms with E-state index in [1.165, 1.54) is 19.3 Å². The molecule has 0 aromatic carbocycles. The molecule has 8 heteroatoms. The first-order valence-electron chi connectivity index (χ1n) is 10.8. The van der Waals surface area contributed by atoms with Gasteiger partial charge in [-0.25, -0.2) is 4.98 Å². The molecule has 3 aromatic heterocycles. The van der Waals surface area contributed by atoms with Crippen molar-refractivity contribution >= 4 is 0 Å². The topological polar surface area (TPSA) is 91.8 Å². The Labute approximate surface area is 177 Å². The lowest BCUT2D eigenvalue weighted by Gasteiger charge is -2.23. The summed E-state index contributed by atoms with van der Waals surface area (Å²) < 4.78 is 13.4. The molecule has 1 fully saturated rings. The third-order valence-electron chi connectivity index (χ3n) is 5.49. The summed E-state index contributed by atoms with van der Waals surface area (Å²) in [6.07, 6.45) is 7.60. The first-order chi connectivity index (χ1) is 14.5. The highest BCUT2D eigenvalue weighted by Crippen LogP contribution is 2.28. The summed E-state index contributed by atoms with van der Waals surface area (Å²) in [6.45, 7) is 6.25. The largest absolute Gasteiger partial charge is 0.489 e. The van der Waals surface area contributed by atoms with Gasteiger partial charge in [0.1, 0.15) is 11.4 Å². The fourth-order valence-corrected chi connectivity index (χ4v) is 3.89. The highest BCUT2D eigenvalue weighted by Gasteiger charge is 2.20. The quantitative estimate of drug-likeness (QED) is 0.580. The van der Waals surface area contributed by atoms with Crippen LogP contribution in [-0.2, 0) is 19.9 Å². The zero-order chi connectivity index (χ0) is 21.1. The molecule has 3 heterocycles. The predicted octanol–water partition coefficient (Wildman–Crippen LogP) is 4.07. The number of nitrogens with zero attached hydrogens (tertiary/aromatic N) is 6. The zero-order valence-corrected chi connectivity index (χ0v) is 18.3. The lowest BCUT2D eigenvalue weighted by atomic mass is 9.98. The molecule has 0 saturated heterocycles. The minimum Gasteiger partial charge on any atom is -0.489 e. The molecule has 1 aliphatic carbocycles. The molecule has 160 valence electrons. The maximum atomic E-state index is 6.21. The van der Waals surface area contributed by atoms with Gasteiger partial charge < -0.3 is 9.26 Å². The van der Waals surface area contributed by atoms with E-state index >= 15 is 0 Å². The molecule has 3 aromatic rings. The maximum Gasteiger partial charge on any atom is 0.232 e. The van der Waals surface area contributed by atoms with Gasteiger partial charge in [-0.2, -0.15) is 4.98 Å². The highest BCUT2D eigenvalue weighted by molar-refractivity contribution is 5.58. The van der Waals surface area contributed by atoms with Gasteiger partial charge in [0.05, 0.1) is 29.6 Å². The Morgan fingerprint density at radius 3 is 2.70 bits per heavy atom. The first-order valence-corrected chi connectivity index (χ1v) is 10.8. The van der Waals surface area contributed by atoms with Gasteiger partial charge in [0.2, 0.25) is 5.89 Å². The predicted molar refractivity (Wildman–Crippen MR) is 112 cm³/mol. The minimum atomic E-state index is 0.301. The van der Waals surface area contributed by atoms with Crippen LogP contribution in [-0.4, -0.2) is 36.2 Å². The second-order valence-corrected chi connectivity index (χ2v) is 8.55. The molecule has 30 heavy (non-hydrogen) atoms. The molecule has 4 rings (SSSR count). The molecular weight excluding hydrogens is 380 g/mol. The fourth-order valence-electron chi connectivity index (χ4n) is 3.89. The van der Waals surface area contributed by atoms with Crippen LogP contribution < -0.4 is 4.74 Å². The summed E-state index contributed by atoms with van der Waals surface area (Å²) in [5, 5.41) is 12.6. The van der Waals surface area contributed by atoms with Crippen molar-refractivity contribution in [2.45, 2.75) is 71.8 Å². The molecule has 1 saturated carbocycles. The molecule has 0 radical (unpaired) electrons. The molecule has 0 aliphatic heterocycles. The van der Waals surface area contributed by atoms with Crippen molar-refractivity contribution in [2.75, 3.05) is 0 Å². The van der Waals surface area contributed by atoms with Crippen molar-refractivity contribution in [1.29, 1.82) is 0 Å². The number of hydrogen-bond donors (Lipinski definition) is 0. The molecule has 0 spiro atoms. The summed E-state index contributed by atoms with van der Waals surface area (Å²) >= 11 is 0. The lowest BCUT2D eigenvalue weighted by molar-refractivity contribution is 0.153. The number of aromatic nitrogens is 6. The third-order valence-corrected chi connectivity index (χ3v) is 5.49. The highest BCUT2D eigenvalue weighted by atomic mass is 16.5. The van der Waals surface area contributed by atoms with Crippen LogP contribution in [0.5, 0.6) is 5.75 Å². The van der Waals surface area contributed by atoms with Crippen molar-refractivity contribution in [1.82, 2.24) is 30.1 Å². The summed E-state index contributed by atoms with van der Waals surface area (Å²) in [7, 11) is 1.87. The number of rotatable bonds is 7. The normalized spacial score (nSPS) is 15.1. The smallest absolute Gasteiger partial charge is 0.232 e. The fraction of sp³-hybridized carbons (Fsp3) is 0.591. The van der Waals surface area contributed by atoms with Crippen molar-refractivity contribution in [3.05, 3.63) is 35.2 Å². The van der Waals surface area contributed by atoms with Gasteiger partial charge in [0.25, 0.3) is 0 Å². The van der Waals surface area contributed by atoms with Crippen molar-refractivity contribution in [3.8, 4) is 17.1 Å². The SMILES string of the molecule is Cc1nc(-c2nnn(C)c2Cc2nc(CC(C)C)no2)ccc1OC1CCCCC1. The van der Waals surface area contributed by atoms with Crippen molar-refractivity contribution < 1.29 is 9.26 Å². The number of aryl methyl sites for hydroxylation is 2. The van der Waals surface area contributed by atoms with Crippen LogP contribution in [0.3, 0.4) is 0 Å². The molecule has 0 amide bonds. The standard InChI is InChI=1S/C22H30N6O2/c1-14(2)12-20-24-21(30-26-20)13-18-22(25-27-28(18)4)17-10-11-19(15(3)23-17)29-16-8-6-5-7-9-16/h10-11,14,16H,5-9,12-13H2,1-4H3. The van der Waals surface area contributed by atoms with Gasteiger partial charge >= 0.3 is 0 Å². The van der Waals surface area contributed by atoms with Crippen LogP contribution in [0.25, 0.3) is 11.4 Å². The number of pyridine rings is 1. The summed E-state index contributed by atoms with van der Waals surface area (Å²) in [5.74, 6) is 2.62. The minimum absolute atomic E-state index is 0.301. The van der Waals surface area contributed by atoms with Gasteiger partial charge in [-0.15, -0.1) is 5.10 Å². The monoisotopic (exact) mass is 410 g/mol. The summed E-state index contributed by atoms with van der Waals surface area (Å²) in [5.41, 5.74) is 3.26. The molecule has 0 unspecified atom stereocenters. The Kier molecular flexibility index (Phi) is 6.11.